The van der Waals surface area contributed by atoms with Gasteiger partial charge in [-0.1, -0.05) is 41.1 Å². The third kappa shape index (κ3) is 4.26. The van der Waals surface area contributed by atoms with E-state index < -0.39 is 0 Å². The molecule has 1 N–H and O–H groups in total. The van der Waals surface area contributed by atoms with E-state index in [0.717, 1.165) is 53.6 Å². The maximum atomic E-state index is 14.4. The number of likely N-dealkylation sites (tertiary alicyclic amines) is 1. The molecule has 0 radical (unpaired) electrons. The molecule has 1 saturated heterocycles. The number of piperidine rings is 1. The topological polar surface area (TPSA) is 45.3 Å². The van der Waals surface area contributed by atoms with E-state index in [2.05, 4.69) is 44.9 Å². The number of ether oxygens (including phenoxy) is 1. The predicted octanol–water partition coefficient (Wildman–Crippen LogP) is 5.99. The highest BCUT2D eigenvalue weighted by atomic mass is 79.9. The molecule has 0 amide bonds. The first-order valence-electron chi connectivity index (χ1n) is 10.7. The van der Waals surface area contributed by atoms with E-state index >= 15 is 0 Å². The van der Waals surface area contributed by atoms with Gasteiger partial charge in [0.2, 0.25) is 0 Å². The number of aromatic amines is 1. The maximum Gasteiger partial charge on any atom is 0.355 e. The van der Waals surface area contributed by atoms with E-state index in [1.807, 2.05) is 19.1 Å². The number of H-pyrrole nitrogens is 1. The van der Waals surface area contributed by atoms with Crippen LogP contribution in [-0.2, 0) is 11.3 Å². The summed E-state index contributed by atoms with van der Waals surface area (Å²) in [6, 6.07) is 5.24. The highest BCUT2D eigenvalue weighted by molar-refractivity contribution is 9.10. The summed E-state index contributed by atoms with van der Waals surface area (Å²) in [5.74, 6) is 0.100. The normalized spacial score (nSPS) is 21.5. The zero-order valence-corrected chi connectivity index (χ0v) is 19.1. The van der Waals surface area contributed by atoms with Gasteiger partial charge in [0, 0.05) is 34.7 Å². The average Bonchev–Trinajstić information content (AvgIpc) is 3.12. The molecular weight excluding hydrogens is 447 g/mol. The number of halogens is 2. The Morgan fingerprint density at radius 3 is 3.00 bits per heavy atom. The zero-order valence-electron chi connectivity index (χ0n) is 17.5. The number of esters is 1. The molecule has 0 spiro atoms. The van der Waals surface area contributed by atoms with Gasteiger partial charge in [-0.2, -0.15) is 0 Å². The lowest BCUT2D eigenvalue weighted by atomic mass is 9.84. The van der Waals surface area contributed by atoms with Crippen LogP contribution in [0.1, 0.15) is 77.8 Å². The van der Waals surface area contributed by atoms with E-state index in [1.54, 1.807) is 0 Å². The molecule has 0 saturated carbocycles. The summed E-state index contributed by atoms with van der Waals surface area (Å²) < 4.78 is 20.5. The number of carbonyl (C=O) groups excluding carboxylic acids is 1. The molecule has 1 aromatic carbocycles. The summed E-state index contributed by atoms with van der Waals surface area (Å²) >= 11 is 3.32. The SMILES string of the molecule is CCOC(=O)c1[nH]c2c(c1C1CCCN(Cc3ccc(Br)cc3F)C1)C=CCC2C. The van der Waals surface area contributed by atoms with Crippen LogP contribution in [-0.4, -0.2) is 35.5 Å². The smallest absolute Gasteiger partial charge is 0.355 e. The number of allylic oxidation sites excluding steroid dienone is 1. The second kappa shape index (κ2) is 9.06. The number of nitrogens with one attached hydrogen (secondary N) is 1. The Bertz CT molecular complexity index is 968. The van der Waals surface area contributed by atoms with Gasteiger partial charge in [-0.25, -0.2) is 9.18 Å². The molecule has 4 rings (SSSR count). The van der Waals surface area contributed by atoms with Crippen molar-refractivity contribution in [3.05, 3.63) is 62.6 Å². The van der Waals surface area contributed by atoms with Crippen molar-refractivity contribution >= 4 is 28.0 Å². The molecule has 4 nitrogen and oxygen atoms in total. The lowest BCUT2D eigenvalue weighted by Crippen LogP contribution is -2.34. The molecule has 30 heavy (non-hydrogen) atoms. The summed E-state index contributed by atoms with van der Waals surface area (Å²) in [7, 11) is 0. The van der Waals surface area contributed by atoms with Crippen molar-refractivity contribution in [2.24, 2.45) is 0 Å². The van der Waals surface area contributed by atoms with Crippen molar-refractivity contribution in [2.45, 2.75) is 51.5 Å². The lowest BCUT2D eigenvalue weighted by Gasteiger charge is -2.33. The summed E-state index contributed by atoms with van der Waals surface area (Å²) in [5, 5.41) is 0. The van der Waals surface area contributed by atoms with E-state index in [1.165, 1.54) is 6.07 Å². The standard InChI is InChI=1S/C24H28BrFN2O2/c1-3-30-24(29)23-21(19-8-4-6-15(2)22(19)27-23)17-7-5-11-28(14-17)13-16-9-10-18(25)12-20(16)26/h4,8-10,12,15,17,27H,3,5-7,11,13-14H2,1-2H3. The van der Waals surface area contributed by atoms with Crippen LogP contribution in [0.15, 0.2) is 28.7 Å². The van der Waals surface area contributed by atoms with Gasteiger partial charge in [-0.15, -0.1) is 0 Å². The Morgan fingerprint density at radius 1 is 1.40 bits per heavy atom. The molecule has 2 heterocycles. The number of benzene rings is 1. The molecule has 2 unspecified atom stereocenters. The van der Waals surface area contributed by atoms with Gasteiger partial charge in [0.05, 0.1) is 6.61 Å². The Morgan fingerprint density at radius 2 is 2.23 bits per heavy atom. The first-order chi connectivity index (χ1) is 14.5. The average molecular weight is 475 g/mol. The van der Waals surface area contributed by atoms with Crippen LogP contribution in [0.4, 0.5) is 4.39 Å². The summed E-state index contributed by atoms with van der Waals surface area (Å²) in [6.45, 7) is 6.67. The van der Waals surface area contributed by atoms with Crippen molar-refractivity contribution in [1.82, 2.24) is 9.88 Å². The van der Waals surface area contributed by atoms with E-state index in [4.69, 9.17) is 4.74 Å². The number of rotatable bonds is 5. The van der Waals surface area contributed by atoms with Gasteiger partial charge in [0.1, 0.15) is 11.5 Å². The largest absolute Gasteiger partial charge is 0.461 e. The van der Waals surface area contributed by atoms with Crippen molar-refractivity contribution in [3.8, 4) is 0 Å². The van der Waals surface area contributed by atoms with Crippen LogP contribution in [0.2, 0.25) is 0 Å². The van der Waals surface area contributed by atoms with E-state index in [-0.39, 0.29) is 17.7 Å². The first kappa shape index (κ1) is 21.3. The fourth-order valence-corrected chi connectivity index (χ4v) is 5.07. The number of fused-ring (bicyclic) bond motifs is 1. The quantitative estimate of drug-likeness (QED) is 0.540. The maximum absolute atomic E-state index is 14.4. The summed E-state index contributed by atoms with van der Waals surface area (Å²) in [6.07, 6.45) is 7.34. The third-order valence-corrected chi connectivity index (χ3v) is 6.67. The van der Waals surface area contributed by atoms with Gasteiger partial charge in [-0.05, 0) is 61.9 Å². The Kier molecular flexibility index (Phi) is 6.44. The highest BCUT2D eigenvalue weighted by Gasteiger charge is 2.32. The Balaban J connectivity index is 1.63. The Labute approximate surface area is 185 Å². The van der Waals surface area contributed by atoms with Crippen molar-refractivity contribution in [1.29, 1.82) is 0 Å². The van der Waals surface area contributed by atoms with E-state index in [0.29, 0.717) is 30.3 Å². The summed E-state index contributed by atoms with van der Waals surface area (Å²) in [5.41, 5.74) is 4.66. The molecule has 1 fully saturated rings. The van der Waals surface area contributed by atoms with Crippen LogP contribution in [0, 0.1) is 5.82 Å². The minimum Gasteiger partial charge on any atom is -0.461 e. The van der Waals surface area contributed by atoms with Gasteiger partial charge in [0.25, 0.3) is 0 Å². The van der Waals surface area contributed by atoms with Crippen LogP contribution in [0.25, 0.3) is 6.08 Å². The van der Waals surface area contributed by atoms with Crippen LogP contribution in [0.5, 0.6) is 0 Å². The highest BCUT2D eigenvalue weighted by Crippen LogP contribution is 2.40. The predicted molar refractivity (Wildman–Crippen MR) is 120 cm³/mol. The number of nitrogens with zero attached hydrogens (tertiary/aromatic N) is 1. The molecule has 0 bridgehead atoms. The first-order valence-corrected chi connectivity index (χ1v) is 11.5. The van der Waals surface area contributed by atoms with Gasteiger partial charge >= 0.3 is 5.97 Å². The van der Waals surface area contributed by atoms with Crippen LogP contribution >= 0.6 is 15.9 Å². The molecule has 1 aliphatic heterocycles. The fraction of sp³-hybridized carbons (Fsp3) is 0.458. The second-order valence-corrected chi connectivity index (χ2v) is 9.23. The molecule has 2 aliphatic rings. The van der Waals surface area contributed by atoms with Crippen molar-refractivity contribution in [2.75, 3.05) is 19.7 Å². The molecular formula is C24H28BrFN2O2. The van der Waals surface area contributed by atoms with Gasteiger partial charge in [0.15, 0.2) is 0 Å². The third-order valence-electron chi connectivity index (χ3n) is 6.18. The number of aromatic nitrogens is 1. The fourth-order valence-electron chi connectivity index (χ4n) is 4.74. The molecule has 6 heteroatoms. The van der Waals surface area contributed by atoms with E-state index in [9.17, 15) is 9.18 Å². The van der Waals surface area contributed by atoms with Gasteiger partial charge < -0.3 is 9.72 Å². The molecule has 2 aromatic rings. The molecule has 2 atom stereocenters. The number of hydrogen-bond acceptors (Lipinski definition) is 3. The lowest BCUT2D eigenvalue weighted by molar-refractivity contribution is 0.0517. The van der Waals surface area contributed by atoms with Crippen molar-refractivity contribution in [3.63, 3.8) is 0 Å². The Hall–Kier alpha value is -1.92. The van der Waals surface area contributed by atoms with Crippen LogP contribution < -0.4 is 0 Å². The second-order valence-electron chi connectivity index (χ2n) is 8.31. The minimum absolute atomic E-state index is 0.186. The zero-order chi connectivity index (χ0) is 21.3. The number of hydrogen-bond donors (Lipinski definition) is 1. The van der Waals surface area contributed by atoms with Crippen LogP contribution in [0.3, 0.4) is 0 Å². The van der Waals surface area contributed by atoms with Gasteiger partial charge in [-0.3, -0.25) is 4.90 Å². The minimum atomic E-state index is -0.279. The summed E-state index contributed by atoms with van der Waals surface area (Å²) in [4.78, 5) is 18.4. The molecule has 160 valence electrons. The molecule has 1 aromatic heterocycles. The monoisotopic (exact) mass is 474 g/mol. The van der Waals surface area contributed by atoms with Crippen molar-refractivity contribution < 1.29 is 13.9 Å². The number of carbonyl (C=O) groups is 1. The molecule has 1 aliphatic carbocycles.